The molecule has 1 amide bonds. The quantitative estimate of drug-likeness (QED) is 0.873. The third kappa shape index (κ3) is 4.72. The molecule has 1 rings (SSSR count). The summed E-state index contributed by atoms with van der Waals surface area (Å²) >= 11 is 0. The molecule has 0 heterocycles. The highest BCUT2D eigenvalue weighted by Gasteiger charge is 2.31. The van der Waals surface area contributed by atoms with Crippen LogP contribution in [0.5, 0.6) is 0 Å². The Balaban J connectivity index is 2.84. The molecule has 1 aromatic carbocycles. The summed E-state index contributed by atoms with van der Waals surface area (Å²) in [6, 6.07) is 4.64. The summed E-state index contributed by atoms with van der Waals surface area (Å²) < 4.78 is 57.7. The molecule has 5 nitrogen and oxygen atoms in total. The molecule has 0 aromatic heterocycles. The first-order valence-electron chi connectivity index (χ1n) is 4.57. The van der Waals surface area contributed by atoms with Crippen LogP contribution >= 0.6 is 0 Å². The number of halogens is 3. The number of sulfonamides is 1. The minimum absolute atomic E-state index is 0.0734. The van der Waals surface area contributed by atoms with Crippen molar-refractivity contribution in [3.63, 3.8) is 0 Å². The van der Waals surface area contributed by atoms with Crippen molar-refractivity contribution in [1.82, 2.24) is 0 Å². The largest absolute Gasteiger partial charge is 0.397 e. The first-order chi connectivity index (χ1) is 8.08. The smallest absolute Gasteiger partial charge is 0.326 e. The number of nitrogens with one attached hydrogen (secondary N) is 1. The van der Waals surface area contributed by atoms with Crippen LogP contribution in [-0.2, 0) is 14.8 Å². The third-order valence-electron chi connectivity index (χ3n) is 1.81. The Kier molecular flexibility index (Phi) is 3.97. The van der Waals surface area contributed by atoms with E-state index in [9.17, 15) is 26.4 Å². The van der Waals surface area contributed by atoms with Crippen LogP contribution in [0.1, 0.15) is 6.42 Å². The molecule has 0 aliphatic carbocycles. The fraction of sp³-hybridized carbons (Fsp3) is 0.222. The van der Waals surface area contributed by atoms with Crippen LogP contribution in [0, 0.1) is 0 Å². The van der Waals surface area contributed by atoms with E-state index in [4.69, 9.17) is 5.14 Å². The van der Waals surface area contributed by atoms with Gasteiger partial charge in [0, 0.05) is 5.69 Å². The maximum Gasteiger partial charge on any atom is 0.397 e. The maximum atomic E-state index is 11.9. The zero-order chi connectivity index (χ0) is 14.0. The van der Waals surface area contributed by atoms with Crippen LogP contribution in [0.4, 0.5) is 18.9 Å². The number of carbonyl (C=O) groups excluding carboxylic acids is 1. The van der Waals surface area contributed by atoms with Crippen LogP contribution in [0.15, 0.2) is 29.2 Å². The molecule has 0 fully saturated rings. The predicted octanol–water partition coefficient (Wildman–Crippen LogP) is 1.22. The van der Waals surface area contributed by atoms with Crippen molar-refractivity contribution < 1.29 is 26.4 Å². The summed E-state index contributed by atoms with van der Waals surface area (Å²) in [6.45, 7) is 0. The van der Waals surface area contributed by atoms with Gasteiger partial charge in [-0.1, -0.05) is 6.07 Å². The van der Waals surface area contributed by atoms with Gasteiger partial charge in [0.2, 0.25) is 15.9 Å². The van der Waals surface area contributed by atoms with E-state index in [2.05, 4.69) is 0 Å². The lowest BCUT2D eigenvalue weighted by Crippen LogP contribution is -2.21. The second-order valence-electron chi connectivity index (χ2n) is 3.41. The van der Waals surface area contributed by atoms with Crippen LogP contribution in [0.25, 0.3) is 0 Å². The summed E-state index contributed by atoms with van der Waals surface area (Å²) in [4.78, 5) is 10.7. The molecule has 0 aliphatic rings. The van der Waals surface area contributed by atoms with Crippen molar-refractivity contribution in [3.8, 4) is 0 Å². The first-order valence-corrected chi connectivity index (χ1v) is 6.12. The van der Waals surface area contributed by atoms with E-state index in [0.29, 0.717) is 0 Å². The fourth-order valence-corrected chi connectivity index (χ4v) is 1.70. The lowest BCUT2D eigenvalue weighted by Gasteiger charge is -2.08. The van der Waals surface area contributed by atoms with Gasteiger partial charge in [-0.15, -0.1) is 0 Å². The highest BCUT2D eigenvalue weighted by molar-refractivity contribution is 7.89. The Bertz CT molecular complexity index is 554. The molecule has 0 aliphatic heterocycles. The number of alkyl halides is 3. The molecule has 1 aromatic rings. The summed E-state index contributed by atoms with van der Waals surface area (Å²) in [5, 5.41) is 6.77. The van der Waals surface area contributed by atoms with Crippen LogP contribution in [0.2, 0.25) is 0 Å². The lowest BCUT2D eigenvalue weighted by atomic mass is 10.3. The predicted molar refractivity (Wildman–Crippen MR) is 57.1 cm³/mol. The Morgan fingerprint density at radius 3 is 2.44 bits per heavy atom. The molecule has 0 spiro atoms. The van der Waals surface area contributed by atoms with Gasteiger partial charge in [-0.25, -0.2) is 13.6 Å². The van der Waals surface area contributed by atoms with Crippen molar-refractivity contribution in [2.75, 3.05) is 5.32 Å². The molecule has 18 heavy (non-hydrogen) atoms. The Hall–Kier alpha value is -1.61. The molecular weight excluding hydrogens is 273 g/mol. The van der Waals surface area contributed by atoms with Crippen molar-refractivity contribution in [2.45, 2.75) is 17.5 Å². The van der Waals surface area contributed by atoms with Gasteiger partial charge in [0.25, 0.3) is 0 Å². The summed E-state index contributed by atoms with van der Waals surface area (Å²) in [5.74, 6) is -1.28. The highest BCUT2D eigenvalue weighted by Crippen LogP contribution is 2.21. The number of anilines is 1. The minimum Gasteiger partial charge on any atom is -0.326 e. The zero-order valence-corrected chi connectivity index (χ0v) is 9.68. The van der Waals surface area contributed by atoms with Gasteiger partial charge in [0.1, 0.15) is 6.42 Å². The zero-order valence-electron chi connectivity index (χ0n) is 8.86. The molecule has 9 heteroatoms. The summed E-state index contributed by atoms with van der Waals surface area (Å²) in [6.07, 6.45) is -6.27. The minimum atomic E-state index is -4.62. The SMILES string of the molecule is NS(=O)(=O)c1cccc(NC(=O)CC(F)(F)F)c1. The van der Waals surface area contributed by atoms with Gasteiger partial charge < -0.3 is 5.32 Å². The van der Waals surface area contributed by atoms with Crippen molar-refractivity contribution in [2.24, 2.45) is 5.14 Å². The monoisotopic (exact) mass is 282 g/mol. The maximum absolute atomic E-state index is 11.9. The van der Waals surface area contributed by atoms with Gasteiger partial charge in [-0.2, -0.15) is 13.2 Å². The first kappa shape index (κ1) is 14.5. The van der Waals surface area contributed by atoms with Crippen LogP contribution < -0.4 is 10.5 Å². The fourth-order valence-electron chi connectivity index (χ4n) is 1.14. The molecule has 0 radical (unpaired) electrons. The van der Waals surface area contributed by atoms with Gasteiger partial charge >= 0.3 is 6.18 Å². The van der Waals surface area contributed by atoms with E-state index < -0.39 is 28.5 Å². The number of rotatable bonds is 3. The number of amides is 1. The number of carbonyl (C=O) groups is 1. The van der Waals surface area contributed by atoms with Crippen molar-refractivity contribution >= 4 is 21.6 Å². The number of nitrogens with two attached hydrogens (primary N) is 1. The van der Waals surface area contributed by atoms with E-state index in [-0.39, 0.29) is 10.6 Å². The van der Waals surface area contributed by atoms with E-state index in [0.717, 1.165) is 12.1 Å². The molecular formula is C9H9F3N2O3S. The summed E-state index contributed by atoms with van der Waals surface area (Å²) in [7, 11) is -3.97. The molecule has 0 atom stereocenters. The second-order valence-corrected chi connectivity index (χ2v) is 4.97. The molecule has 0 bridgehead atoms. The Labute approximate surface area is 101 Å². The van der Waals surface area contributed by atoms with Gasteiger partial charge in [-0.3, -0.25) is 4.79 Å². The van der Waals surface area contributed by atoms with E-state index in [1.165, 1.54) is 12.1 Å². The lowest BCUT2D eigenvalue weighted by molar-refractivity contribution is -0.150. The topological polar surface area (TPSA) is 89.3 Å². The Morgan fingerprint density at radius 2 is 1.94 bits per heavy atom. The Morgan fingerprint density at radius 1 is 1.33 bits per heavy atom. The van der Waals surface area contributed by atoms with Crippen molar-refractivity contribution in [3.05, 3.63) is 24.3 Å². The van der Waals surface area contributed by atoms with Gasteiger partial charge in [0.15, 0.2) is 0 Å². The average Bonchev–Trinajstić information content (AvgIpc) is 2.13. The molecule has 0 unspecified atom stereocenters. The highest BCUT2D eigenvalue weighted by atomic mass is 32.2. The van der Waals surface area contributed by atoms with E-state index >= 15 is 0 Å². The van der Waals surface area contributed by atoms with Crippen LogP contribution in [0.3, 0.4) is 0 Å². The summed E-state index contributed by atoms with van der Waals surface area (Å²) in [5.41, 5.74) is -0.0734. The van der Waals surface area contributed by atoms with Gasteiger partial charge in [-0.05, 0) is 18.2 Å². The second kappa shape index (κ2) is 4.94. The molecule has 3 N–H and O–H groups in total. The number of benzene rings is 1. The van der Waals surface area contributed by atoms with Crippen molar-refractivity contribution in [1.29, 1.82) is 0 Å². The number of primary sulfonamides is 1. The van der Waals surface area contributed by atoms with E-state index in [1.807, 2.05) is 5.32 Å². The number of hydrogen-bond acceptors (Lipinski definition) is 3. The van der Waals surface area contributed by atoms with Crippen LogP contribution in [-0.4, -0.2) is 20.5 Å². The molecule has 0 saturated heterocycles. The number of hydrogen-bond donors (Lipinski definition) is 2. The standard InChI is InChI=1S/C9H9F3N2O3S/c10-9(11,12)5-8(15)14-6-2-1-3-7(4-6)18(13,16)17/h1-4H,5H2,(H,14,15)(H2,13,16,17). The third-order valence-corrected chi connectivity index (χ3v) is 2.72. The average molecular weight is 282 g/mol. The van der Waals surface area contributed by atoms with E-state index in [1.54, 1.807) is 0 Å². The van der Waals surface area contributed by atoms with Gasteiger partial charge in [0.05, 0.1) is 4.90 Å². The normalized spacial score (nSPS) is 12.2. The molecule has 0 saturated carbocycles. The molecule has 100 valence electrons.